The number of hydrogen-bond acceptors (Lipinski definition) is 6. The number of ether oxygens (including phenoxy) is 1. The zero-order valence-electron chi connectivity index (χ0n) is 17.5. The molecule has 2 aromatic heterocycles. The number of carbonyl (C=O) groups is 2. The molecule has 0 unspecified atom stereocenters. The first-order chi connectivity index (χ1) is 15.5. The molecule has 0 aliphatic carbocycles. The van der Waals surface area contributed by atoms with Gasteiger partial charge >= 0.3 is 0 Å². The summed E-state index contributed by atoms with van der Waals surface area (Å²) in [5.74, 6) is 0.421. The number of nitrogens with zero attached hydrogens (tertiary/aromatic N) is 3. The molecule has 0 saturated carbocycles. The van der Waals surface area contributed by atoms with Crippen LogP contribution in [0.2, 0.25) is 5.02 Å². The predicted molar refractivity (Wildman–Crippen MR) is 124 cm³/mol. The standard InChI is InChI=1S/C23H22ClN5O3/c1-15-2-5-19(18(12-15)23(31)28-20-6-4-17(24)14-25-20)27-22(30)16-3-7-21(26-13-16)29-8-10-32-11-9-29/h2-7,12-14H,8-11H2,1H3,(H,27,30)(H,25,28,31). The lowest BCUT2D eigenvalue weighted by Crippen LogP contribution is -2.36. The van der Waals surface area contributed by atoms with E-state index in [1.54, 1.807) is 30.3 Å². The second kappa shape index (κ2) is 9.76. The van der Waals surface area contributed by atoms with Crippen molar-refractivity contribution in [3.63, 3.8) is 0 Å². The molecule has 32 heavy (non-hydrogen) atoms. The van der Waals surface area contributed by atoms with Crippen molar-refractivity contribution in [2.24, 2.45) is 0 Å². The summed E-state index contributed by atoms with van der Waals surface area (Å²) in [5.41, 5.74) is 2.00. The van der Waals surface area contributed by atoms with Gasteiger partial charge in [-0.25, -0.2) is 9.97 Å². The maximum absolute atomic E-state index is 12.8. The van der Waals surface area contributed by atoms with Crippen molar-refractivity contribution in [1.82, 2.24) is 9.97 Å². The molecule has 3 heterocycles. The Balaban J connectivity index is 1.49. The van der Waals surface area contributed by atoms with Crippen molar-refractivity contribution in [3.8, 4) is 0 Å². The van der Waals surface area contributed by atoms with Gasteiger partial charge in [-0.1, -0.05) is 23.2 Å². The number of rotatable bonds is 5. The molecule has 1 aliphatic heterocycles. The van der Waals surface area contributed by atoms with Gasteiger partial charge in [0.2, 0.25) is 0 Å². The van der Waals surface area contributed by atoms with Crippen LogP contribution < -0.4 is 15.5 Å². The van der Waals surface area contributed by atoms with Crippen LogP contribution in [0.3, 0.4) is 0 Å². The van der Waals surface area contributed by atoms with Gasteiger partial charge in [0, 0.05) is 25.5 Å². The van der Waals surface area contributed by atoms with E-state index in [-0.39, 0.29) is 11.8 Å². The van der Waals surface area contributed by atoms with Crippen molar-refractivity contribution < 1.29 is 14.3 Å². The molecule has 1 aromatic carbocycles. The number of morpholine rings is 1. The Morgan fingerprint density at radius 2 is 1.78 bits per heavy atom. The Morgan fingerprint density at radius 3 is 2.47 bits per heavy atom. The van der Waals surface area contributed by atoms with Crippen LogP contribution in [-0.2, 0) is 4.74 Å². The molecule has 1 fully saturated rings. The van der Waals surface area contributed by atoms with Gasteiger partial charge in [-0.2, -0.15) is 0 Å². The number of aryl methyl sites for hydroxylation is 1. The molecule has 0 radical (unpaired) electrons. The van der Waals surface area contributed by atoms with Gasteiger partial charge in [0.15, 0.2) is 0 Å². The van der Waals surface area contributed by atoms with Crippen LogP contribution in [0.5, 0.6) is 0 Å². The third-order valence-corrected chi connectivity index (χ3v) is 5.21. The molecular formula is C23H22ClN5O3. The molecule has 3 aromatic rings. The Bertz CT molecular complexity index is 1110. The van der Waals surface area contributed by atoms with Crippen LogP contribution >= 0.6 is 11.6 Å². The van der Waals surface area contributed by atoms with Gasteiger partial charge < -0.3 is 20.3 Å². The van der Waals surface area contributed by atoms with E-state index >= 15 is 0 Å². The van der Waals surface area contributed by atoms with Gasteiger partial charge in [0.05, 0.1) is 35.1 Å². The van der Waals surface area contributed by atoms with E-state index in [4.69, 9.17) is 16.3 Å². The maximum atomic E-state index is 12.8. The number of pyridine rings is 2. The van der Waals surface area contributed by atoms with Gasteiger partial charge in [-0.3, -0.25) is 9.59 Å². The summed E-state index contributed by atoms with van der Waals surface area (Å²) in [6.07, 6.45) is 2.98. The Morgan fingerprint density at radius 1 is 0.969 bits per heavy atom. The number of aromatic nitrogens is 2. The minimum Gasteiger partial charge on any atom is -0.378 e. The van der Waals surface area contributed by atoms with Crippen molar-refractivity contribution in [2.75, 3.05) is 41.8 Å². The summed E-state index contributed by atoms with van der Waals surface area (Å²) < 4.78 is 5.36. The first-order valence-corrected chi connectivity index (χ1v) is 10.5. The van der Waals surface area contributed by atoms with Crippen molar-refractivity contribution in [2.45, 2.75) is 6.92 Å². The van der Waals surface area contributed by atoms with E-state index in [1.807, 2.05) is 19.1 Å². The summed E-state index contributed by atoms with van der Waals surface area (Å²) in [5, 5.41) is 6.01. The third kappa shape index (κ3) is 5.22. The smallest absolute Gasteiger partial charge is 0.258 e. The van der Waals surface area contributed by atoms with E-state index in [9.17, 15) is 9.59 Å². The molecular weight excluding hydrogens is 430 g/mol. The lowest BCUT2D eigenvalue weighted by Gasteiger charge is -2.27. The van der Waals surface area contributed by atoms with Crippen molar-refractivity contribution >= 4 is 40.7 Å². The number of nitrogens with one attached hydrogen (secondary N) is 2. The number of carbonyl (C=O) groups excluding carboxylic acids is 2. The molecule has 0 atom stereocenters. The van der Waals surface area contributed by atoms with E-state index in [0.717, 1.165) is 24.5 Å². The summed E-state index contributed by atoms with van der Waals surface area (Å²) >= 11 is 5.84. The molecule has 1 aliphatic rings. The molecule has 9 heteroatoms. The van der Waals surface area contributed by atoms with Crippen molar-refractivity contribution in [3.05, 3.63) is 76.6 Å². The van der Waals surface area contributed by atoms with Gasteiger partial charge in [-0.15, -0.1) is 0 Å². The van der Waals surface area contributed by atoms with Crippen LogP contribution in [0.1, 0.15) is 26.3 Å². The van der Waals surface area contributed by atoms with Gasteiger partial charge in [0.1, 0.15) is 11.6 Å². The van der Waals surface area contributed by atoms with Crippen LogP contribution in [0.4, 0.5) is 17.3 Å². The third-order valence-electron chi connectivity index (χ3n) is 4.98. The normalized spacial score (nSPS) is 13.5. The average Bonchev–Trinajstić information content (AvgIpc) is 2.82. The summed E-state index contributed by atoms with van der Waals surface area (Å²) in [6, 6.07) is 12.0. The first-order valence-electron chi connectivity index (χ1n) is 10.1. The Kier molecular flexibility index (Phi) is 6.63. The molecule has 2 N–H and O–H groups in total. The van der Waals surface area contributed by atoms with Crippen LogP contribution in [-0.4, -0.2) is 48.1 Å². The lowest BCUT2D eigenvalue weighted by atomic mass is 10.1. The molecule has 164 valence electrons. The molecule has 8 nitrogen and oxygen atoms in total. The van der Waals surface area contributed by atoms with Crippen LogP contribution in [0, 0.1) is 6.92 Å². The second-order valence-corrected chi connectivity index (χ2v) is 7.76. The highest BCUT2D eigenvalue weighted by Crippen LogP contribution is 2.21. The zero-order chi connectivity index (χ0) is 22.5. The van der Waals surface area contributed by atoms with Crippen molar-refractivity contribution in [1.29, 1.82) is 0 Å². The van der Waals surface area contributed by atoms with Gasteiger partial charge in [0.25, 0.3) is 11.8 Å². The SMILES string of the molecule is Cc1ccc(NC(=O)c2ccc(N3CCOCC3)nc2)c(C(=O)Nc2ccc(Cl)cn2)c1. The maximum Gasteiger partial charge on any atom is 0.258 e. The highest BCUT2D eigenvalue weighted by molar-refractivity contribution is 6.30. The fourth-order valence-electron chi connectivity index (χ4n) is 3.28. The minimum atomic E-state index is -0.389. The summed E-state index contributed by atoms with van der Waals surface area (Å²) in [6.45, 7) is 4.73. The van der Waals surface area contributed by atoms with Crippen LogP contribution in [0.25, 0.3) is 0 Å². The molecule has 2 amide bonds. The van der Waals surface area contributed by atoms with E-state index in [0.29, 0.717) is 40.9 Å². The highest BCUT2D eigenvalue weighted by Gasteiger charge is 2.17. The molecule has 0 bridgehead atoms. The largest absolute Gasteiger partial charge is 0.378 e. The number of anilines is 3. The number of benzene rings is 1. The number of hydrogen-bond donors (Lipinski definition) is 2. The van der Waals surface area contributed by atoms with E-state index < -0.39 is 0 Å². The lowest BCUT2D eigenvalue weighted by molar-refractivity contribution is 0.102. The summed E-state index contributed by atoms with van der Waals surface area (Å²) in [7, 11) is 0. The van der Waals surface area contributed by atoms with Crippen LogP contribution in [0.15, 0.2) is 54.9 Å². The highest BCUT2D eigenvalue weighted by atomic mass is 35.5. The average molecular weight is 452 g/mol. The number of amides is 2. The minimum absolute atomic E-state index is 0.327. The van der Waals surface area contributed by atoms with E-state index in [2.05, 4.69) is 25.5 Å². The fourth-order valence-corrected chi connectivity index (χ4v) is 3.39. The topological polar surface area (TPSA) is 96.5 Å². The Labute approximate surface area is 190 Å². The zero-order valence-corrected chi connectivity index (χ0v) is 18.2. The van der Waals surface area contributed by atoms with E-state index in [1.165, 1.54) is 12.4 Å². The monoisotopic (exact) mass is 451 g/mol. The predicted octanol–water partition coefficient (Wildman–Crippen LogP) is 3.78. The summed E-state index contributed by atoms with van der Waals surface area (Å²) in [4.78, 5) is 36.3. The first kappa shape index (κ1) is 21.7. The second-order valence-electron chi connectivity index (χ2n) is 7.32. The molecule has 1 saturated heterocycles. The Hall–Kier alpha value is -3.49. The fraction of sp³-hybridized carbons (Fsp3) is 0.217. The molecule has 4 rings (SSSR count). The quantitative estimate of drug-likeness (QED) is 0.612. The number of halogens is 1. The van der Waals surface area contributed by atoms with Gasteiger partial charge in [-0.05, 0) is 43.3 Å². The molecule has 0 spiro atoms.